The summed E-state index contributed by atoms with van der Waals surface area (Å²) >= 11 is 3.21. The summed E-state index contributed by atoms with van der Waals surface area (Å²) in [6.07, 6.45) is 1.43. The third-order valence-corrected chi connectivity index (χ3v) is 4.73. The second-order valence-corrected chi connectivity index (χ2v) is 5.96. The molecule has 0 heterocycles. The minimum Gasteiger partial charge on any atom is -0.229 e. The van der Waals surface area contributed by atoms with Crippen molar-refractivity contribution >= 4 is 25.8 Å². The van der Waals surface area contributed by atoms with Gasteiger partial charge in [0.1, 0.15) is 0 Å². The Bertz CT molecular complexity index is 187. The SMILES string of the molecule is CCC(C)S(=O)(=O)CCCBr. The first-order valence-electron chi connectivity index (χ1n) is 3.82. The average Bonchev–Trinajstić information content (AvgIpc) is 1.99. The van der Waals surface area contributed by atoms with Crippen LogP contribution in [0.4, 0.5) is 0 Å². The van der Waals surface area contributed by atoms with E-state index in [9.17, 15) is 8.42 Å². The van der Waals surface area contributed by atoms with Gasteiger partial charge in [0.25, 0.3) is 0 Å². The van der Waals surface area contributed by atoms with Crippen LogP contribution in [-0.2, 0) is 9.84 Å². The Hall–Kier alpha value is 0.430. The van der Waals surface area contributed by atoms with Crippen LogP contribution in [-0.4, -0.2) is 24.8 Å². The largest absolute Gasteiger partial charge is 0.229 e. The molecule has 0 spiro atoms. The number of sulfone groups is 1. The maximum absolute atomic E-state index is 11.3. The molecule has 0 aromatic carbocycles. The van der Waals surface area contributed by atoms with Crippen molar-refractivity contribution in [2.75, 3.05) is 11.1 Å². The molecule has 0 aromatic heterocycles. The maximum Gasteiger partial charge on any atom is 0.152 e. The van der Waals surface area contributed by atoms with Gasteiger partial charge in [-0.1, -0.05) is 22.9 Å². The Kier molecular flexibility index (Phi) is 5.34. The molecule has 0 fully saturated rings. The molecule has 0 amide bonds. The van der Waals surface area contributed by atoms with E-state index in [4.69, 9.17) is 0 Å². The molecule has 0 radical (unpaired) electrons. The van der Waals surface area contributed by atoms with Crippen LogP contribution in [0, 0.1) is 0 Å². The Morgan fingerprint density at radius 1 is 1.45 bits per heavy atom. The molecule has 0 aliphatic heterocycles. The average molecular weight is 243 g/mol. The number of rotatable bonds is 5. The lowest BCUT2D eigenvalue weighted by Crippen LogP contribution is -2.20. The van der Waals surface area contributed by atoms with Crippen molar-refractivity contribution in [1.29, 1.82) is 0 Å². The molecular weight excluding hydrogens is 228 g/mol. The van der Waals surface area contributed by atoms with E-state index in [0.717, 1.165) is 5.33 Å². The zero-order valence-corrected chi connectivity index (χ0v) is 9.41. The molecule has 0 N–H and O–H groups in total. The first-order valence-corrected chi connectivity index (χ1v) is 6.65. The molecule has 0 aromatic rings. The van der Waals surface area contributed by atoms with E-state index in [1.807, 2.05) is 6.92 Å². The van der Waals surface area contributed by atoms with Gasteiger partial charge >= 0.3 is 0 Å². The van der Waals surface area contributed by atoms with Gasteiger partial charge < -0.3 is 0 Å². The summed E-state index contributed by atoms with van der Waals surface area (Å²) in [5, 5.41) is 0.587. The number of hydrogen-bond donors (Lipinski definition) is 0. The monoisotopic (exact) mass is 242 g/mol. The minimum atomic E-state index is -2.80. The summed E-state index contributed by atoms with van der Waals surface area (Å²) in [5.74, 6) is 0.313. The lowest BCUT2D eigenvalue weighted by molar-refractivity contribution is 0.580. The van der Waals surface area contributed by atoms with Gasteiger partial charge in [0.05, 0.1) is 11.0 Å². The fourth-order valence-electron chi connectivity index (χ4n) is 0.711. The van der Waals surface area contributed by atoms with Gasteiger partial charge in [-0.2, -0.15) is 0 Å². The van der Waals surface area contributed by atoms with E-state index in [0.29, 0.717) is 18.6 Å². The van der Waals surface area contributed by atoms with E-state index in [2.05, 4.69) is 15.9 Å². The molecule has 0 rings (SSSR count). The molecule has 1 unspecified atom stereocenters. The molecule has 0 saturated carbocycles. The van der Waals surface area contributed by atoms with Crippen LogP contribution in [0.5, 0.6) is 0 Å². The topological polar surface area (TPSA) is 34.1 Å². The standard InChI is InChI=1S/C7H15BrO2S/c1-3-7(2)11(9,10)6-4-5-8/h7H,3-6H2,1-2H3. The maximum atomic E-state index is 11.3. The van der Waals surface area contributed by atoms with Crippen LogP contribution >= 0.6 is 15.9 Å². The summed E-state index contributed by atoms with van der Waals surface area (Å²) in [6.45, 7) is 3.67. The zero-order valence-electron chi connectivity index (χ0n) is 7.01. The first kappa shape index (κ1) is 11.4. The molecule has 0 saturated heterocycles. The quantitative estimate of drug-likeness (QED) is 0.692. The normalized spacial score (nSPS) is 14.8. The second-order valence-electron chi connectivity index (χ2n) is 2.63. The number of halogens is 1. The van der Waals surface area contributed by atoms with Crippen molar-refractivity contribution in [3.05, 3.63) is 0 Å². The Balaban J connectivity index is 4.01. The lowest BCUT2D eigenvalue weighted by atomic mass is 10.4. The smallest absolute Gasteiger partial charge is 0.152 e. The summed E-state index contributed by atoms with van der Waals surface area (Å²) in [5.41, 5.74) is 0. The van der Waals surface area contributed by atoms with Crippen molar-refractivity contribution in [2.45, 2.75) is 31.9 Å². The molecule has 1 atom stereocenters. The Morgan fingerprint density at radius 3 is 2.36 bits per heavy atom. The summed E-state index contributed by atoms with van der Waals surface area (Å²) < 4.78 is 22.6. The molecule has 0 bridgehead atoms. The van der Waals surface area contributed by atoms with Crippen molar-refractivity contribution in [3.8, 4) is 0 Å². The van der Waals surface area contributed by atoms with E-state index in [1.54, 1.807) is 6.92 Å². The van der Waals surface area contributed by atoms with Crippen LogP contribution in [0.2, 0.25) is 0 Å². The van der Waals surface area contributed by atoms with Crippen LogP contribution in [0.1, 0.15) is 26.7 Å². The summed E-state index contributed by atoms with van der Waals surface area (Å²) in [4.78, 5) is 0. The van der Waals surface area contributed by atoms with Gasteiger partial charge in [-0.3, -0.25) is 0 Å². The molecule has 11 heavy (non-hydrogen) atoms. The first-order chi connectivity index (χ1) is 5.04. The molecule has 4 heteroatoms. The van der Waals surface area contributed by atoms with Crippen molar-refractivity contribution in [3.63, 3.8) is 0 Å². The van der Waals surface area contributed by atoms with E-state index in [1.165, 1.54) is 0 Å². The van der Waals surface area contributed by atoms with Crippen molar-refractivity contribution in [2.24, 2.45) is 0 Å². The lowest BCUT2D eigenvalue weighted by Gasteiger charge is -2.08. The van der Waals surface area contributed by atoms with Crippen LogP contribution < -0.4 is 0 Å². The van der Waals surface area contributed by atoms with E-state index in [-0.39, 0.29) is 5.25 Å². The van der Waals surface area contributed by atoms with E-state index >= 15 is 0 Å². The fourth-order valence-corrected chi connectivity index (χ4v) is 2.82. The minimum absolute atomic E-state index is 0.179. The van der Waals surface area contributed by atoms with Crippen LogP contribution in [0.25, 0.3) is 0 Å². The van der Waals surface area contributed by atoms with Crippen molar-refractivity contribution < 1.29 is 8.42 Å². The van der Waals surface area contributed by atoms with Gasteiger partial charge in [0.15, 0.2) is 9.84 Å². The highest BCUT2D eigenvalue weighted by atomic mass is 79.9. The fraction of sp³-hybridized carbons (Fsp3) is 1.00. The second kappa shape index (κ2) is 5.14. The molecular formula is C7H15BrO2S. The van der Waals surface area contributed by atoms with Gasteiger partial charge in [0, 0.05) is 5.33 Å². The Morgan fingerprint density at radius 2 is 2.00 bits per heavy atom. The van der Waals surface area contributed by atoms with E-state index < -0.39 is 9.84 Å². The van der Waals surface area contributed by atoms with Gasteiger partial charge in [0.2, 0.25) is 0 Å². The highest BCUT2D eigenvalue weighted by molar-refractivity contribution is 9.09. The van der Waals surface area contributed by atoms with Gasteiger partial charge in [-0.05, 0) is 19.8 Å². The third-order valence-electron chi connectivity index (χ3n) is 1.75. The highest BCUT2D eigenvalue weighted by Gasteiger charge is 2.17. The van der Waals surface area contributed by atoms with Crippen LogP contribution in [0.3, 0.4) is 0 Å². The molecule has 2 nitrogen and oxygen atoms in total. The molecule has 0 aliphatic rings. The van der Waals surface area contributed by atoms with Crippen molar-refractivity contribution in [1.82, 2.24) is 0 Å². The zero-order chi connectivity index (χ0) is 8.91. The molecule has 68 valence electrons. The highest BCUT2D eigenvalue weighted by Crippen LogP contribution is 2.07. The van der Waals surface area contributed by atoms with Gasteiger partial charge in [-0.15, -0.1) is 0 Å². The van der Waals surface area contributed by atoms with Crippen LogP contribution in [0.15, 0.2) is 0 Å². The number of hydrogen-bond acceptors (Lipinski definition) is 2. The predicted octanol–water partition coefficient (Wildman–Crippen LogP) is 1.98. The summed E-state index contributed by atoms with van der Waals surface area (Å²) in [6, 6.07) is 0. The third kappa shape index (κ3) is 4.11. The predicted molar refractivity (Wildman–Crippen MR) is 52.0 cm³/mol. The summed E-state index contributed by atoms with van der Waals surface area (Å²) in [7, 11) is -2.80. The number of alkyl halides is 1. The Labute approximate surface area is 77.4 Å². The van der Waals surface area contributed by atoms with Gasteiger partial charge in [-0.25, -0.2) is 8.42 Å². The molecule has 0 aliphatic carbocycles.